The van der Waals surface area contributed by atoms with Crippen molar-refractivity contribution in [1.82, 2.24) is 9.21 Å². The Morgan fingerprint density at radius 2 is 1.90 bits per heavy atom. The van der Waals surface area contributed by atoms with Gasteiger partial charge < -0.3 is 9.64 Å². The monoisotopic (exact) mass is 446 g/mol. The van der Waals surface area contributed by atoms with Crippen molar-refractivity contribution in [1.29, 1.82) is 0 Å². The van der Waals surface area contributed by atoms with Gasteiger partial charge in [0.2, 0.25) is 15.9 Å². The van der Waals surface area contributed by atoms with E-state index in [2.05, 4.69) is 18.4 Å². The summed E-state index contributed by atoms with van der Waals surface area (Å²) in [6.45, 7) is 4.42. The minimum Gasteiger partial charge on any atom is -0.379 e. The maximum atomic E-state index is 12.8. The van der Waals surface area contributed by atoms with E-state index < -0.39 is 10.0 Å². The van der Waals surface area contributed by atoms with Crippen LogP contribution in [0.1, 0.15) is 35.4 Å². The molecule has 1 fully saturated rings. The molecule has 4 rings (SSSR count). The third-order valence-corrected chi connectivity index (χ3v) is 8.58. The average Bonchev–Trinajstić information content (AvgIpc) is 3.26. The summed E-state index contributed by atoms with van der Waals surface area (Å²) >= 11 is 1.77. The highest BCUT2D eigenvalue weighted by Gasteiger charge is 2.29. The Labute approximate surface area is 181 Å². The van der Waals surface area contributed by atoms with E-state index in [0.29, 0.717) is 26.3 Å². The predicted octanol–water partition coefficient (Wildman–Crippen LogP) is 3.32. The quantitative estimate of drug-likeness (QED) is 0.661. The number of benzene rings is 1. The van der Waals surface area contributed by atoms with Crippen molar-refractivity contribution in [3.8, 4) is 0 Å². The molecule has 0 N–H and O–H groups in total. The lowest BCUT2D eigenvalue weighted by atomic mass is 9.97. The molecule has 0 saturated carbocycles. The van der Waals surface area contributed by atoms with Crippen LogP contribution in [-0.4, -0.2) is 56.4 Å². The van der Waals surface area contributed by atoms with Crippen LogP contribution in [0.15, 0.2) is 46.7 Å². The lowest BCUT2D eigenvalue weighted by Crippen LogP contribution is -2.40. The molecule has 0 aliphatic carbocycles. The number of ether oxygens (including phenoxy) is 1. The Kier molecular flexibility index (Phi) is 6.38. The maximum Gasteiger partial charge on any atom is 0.247 e. The molecule has 0 spiro atoms. The minimum atomic E-state index is -3.51. The summed E-state index contributed by atoms with van der Waals surface area (Å²) in [6.07, 6.45) is 5.13. The molecule has 1 unspecified atom stereocenters. The summed E-state index contributed by atoms with van der Waals surface area (Å²) in [7, 11) is -3.51. The standard InChI is InChI=1S/C22H26N2O4S2/c1-2-20-19-10-16-29-21(19)9-11-24(20)22(25)8-5-17-3-6-18(7-4-17)30(26,27)23-12-14-28-15-13-23/h3-8,10,16,20H,2,9,11-15H2,1H3/b8-5+. The summed E-state index contributed by atoms with van der Waals surface area (Å²) in [4.78, 5) is 16.4. The molecule has 1 aromatic carbocycles. The number of morpholine rings is 1. The Hall–Kier alpha value is -2.00. The zero-order valence-electron chi connectivity index (χ0n) is 17.0. The highest BCUT2D eigenvalue weighted by atomic mass is 32.2. The van der Waals surface area contributed by atoms with Gasteiger partial charge in [0.1, 0.15) is 0 Å². The Morgan fingerprint density at radius 3 is 2.60 bits per heavy atom. The van der Waals surface area contributed by atoms with Crippen molar-refractivity contribution in [3.05, 3.63) is 57.8 Å². The molecule has 30 heavy (non-hydrogen) atoms. The van der Waals surface area contributed by atoms with Gasteiger partial charge in [0.15, 0.2) is 0 Å². The van der Waals surface area contributed by atoms with Gasteiger partial charge in [-0.2, -0.15) is 4.31 Å². The van der Waals surface area contributed by atoms with Crippen LogP contribution in [0, 0.1) is 0 Å². The normalized spacial score (nSPS) is 20.4. The predicted molar refractivity (Wildman–Crippen MR) is 118 cm³/mol. The van der Waals surface area contributed by atoms with Crippen LogP contribution in [0.25, 0.3) is 6.08 Å². The number of nitrogens with zero attached hydrogens (tertiary/aromatic N) is 2. The van der Waals surface area contributed by atoms with Crippen LogP contribution in [0.5, 0.6) is 0 Å². The summed E-state index contributed by atoms with van der Waals surface area (Å²) in [5.41, 5.74) is 2.07. The molecule has 1 atom stereocenters. The maximum absolute atomic E-state index is 12.8. The lowest BCUT2D eigenvalue weighted by Gasteiger charge is -2.34. The zero-order chi connectivity index (χ0) is 21.1. The molecule has 1 aromatic heterocycles. The number of hydrogen-bond donors (Lipinski definition) is 0. The van der Waals surface area contributed by atoms with Crippen LogP contribution in [0.3, 0.4) is 0 Å². The number of carbonyl (C=O) groups is 1. The molecule has 1 saturated heterocycles. The first-order valence-corrected chi connectivity index (χ1v) is 12.6. The lowest BCUT2D eigenvalue weighted by molar-refractivity contribution is -0.128. The number of amides is 1. The van der Waals surface area contributed by atoms with Gasteiger partial charge in [-0.05, 0) is 53.6 Å². The number of hydrogen-bond acceptors (Lipinski definition) is 5. The first-order chi connectivity index (χ1) is 14.5. The molecular formula is C22H26N2O4S2. The molecule has 2 aliphatic rings. The number of thiophene rings is 1. The molecule has 0 bridgehead atoms. The van der Waals surface area contributed by atoms with Crippen molar-refractivity contribution < 1.29 is 17.9 Å². The summed E-state index contributed by atoms with van der Waals surface area (Å²) < 4.78 is 32.1. The third-order valence-electron chi connectivity index (χ3n) is 5.67. The van der Waals surface area contributed by atoms with Gasteiger partial charge in [-0.25, -0.2) is 8.42 Å². The summed E-state index contributed by atoms with van der Waals surface area (Å²) in [5.74, 6) is -0.0104. The SMILES string of the molecule is CCC1c2ccsc2CCN1C(=O)/C=C/c1ccc(S(=O)(=O)N2CCOCC2)cc1. The second-order valence-corrected chi connectivity index (χ2v) is 10.4. The number of carbonyl (C=O) groups excluding carboxylic acids is 1. The van der Waals surface area contributed by atoms with E-state index in [0.717, 1.165) is 24.9 Å². The molecular weight excluding hydrogens is 420 g/mol. The van der Waals surface area contributed by atoms with E-state index in [1.54, 1.807) is 47.8 Å². The molecule has 1 amide bonds. The first kappa shape index (κ1) is 21.2. The fraction of sp³-hybridized carbons (Fsp3) is 0.409. The van der Waals surface area contributed by atoms with E-state index in [-0.39, 0.29) is 16.8 Å². The Bertz CT molecular complexity index is 1020. The van der Waals surface area contributed by atoms with Gasteiger partial charge in [0.05, 0.1) is 24.2 Å². The van der Waals surface area contributed by atoms with Gasteiger partial charge in [-0.1, -0.05) is 19.1 Å². The van der Waals surface area contributed by atoms with Crippen molar-refractivity contribution >= 4 is 33.3 Å². The average molecular weight is 447 g/mol. The number of sulfonamides is 1. The highest BCUT2D eigenvalue weighted by molar-refractivity contribution is 7.89. The molecule has 2 aliphatic heterocycles. The van der Waals surface area contributed by atoms with Crippen molar-refractivity contribution in [3.63, 3.8) is 0 Å². The van der Waals surface area contributed by atoms with Gasteiger partial charge in [0, 0.05) is 30.6 Å². The van der Waals surface area contributed by atoms with Crippen molar-refractivity contribution in [2.24, 2.45) is 0 Å². The van der Waals surface area contributed by atoms with E-state index in [9.17, 15) is 13.2 Å². The molecule has 6 nitrogen and oxygen atoms in total. The fourth-order valence-corrected chi connectivity index (χ4v) is 6.39. The van der Waals surface area contributed by atoms with Crippen LogP contribution in [-0.2, 0) is 26.0 Å². The molecule has 0 radical (unpaired) electrons. The zero-order valence-corrected chi connectivity index (χ0v) is 18.6. The van der Waals surface area contributed by atoms with Crippen LogP contribution in [0.4, 0.5) is 0 Å². The van der Waals surface area contributed by atoms with Crippen molar-refractivity contribution in [2.75, 3.05) is 32.8 Å². The van der Waals surface area contributed by atoms with Crippen LogP contribution >= 0.6 is 11.3 Å². The van der Waals surface area contributed by atoms with E-state index in [1.165, 1.54) is 14.7 Å². The molecule has 2 aromatic rings. The van der Waals surface area contributed by atoms with Gasteiger partial charge >= 0.3 is 0 Å². The van der Waals surface area contributed by atoms with Gasteiger partial charge in [0.25, 0.3) is 0 Å². The fourth-order valence-electron chi connectivity index (χ4n) is 4.05. The third kappa shape index (κ3) is 4.23. The topological polar surface area (TPSA) is 66.9 Å². The Morgan fingerprint density at radius 1 is 1.17 bits per heavy atom. The first-order valence-electron chi connectivity index (χ1n) is 10.2. The summed E-state index contributed by atoms with van der Waals surface area (Å²) in [5, 5.41) is 2.10. The molecule has 160 valence electrons. The van der Waals surface area contributed by atoms with Crippen molar-refractivity contribution in [2.45, 2.75) is 30.7 Å². The van der Waals surface area contributed by atoms with Crippen LogP contribution in [0.2, 0.25) is 0 Å². The molecule has 8 heteroatoms. The second-order valence-electron chi connectivity index (χ2n) is 7.42. The number of fused-ring (bicyclic) bond motifs is 1. The number of rotatable bonds is 5. The minimum absolute atomic E-state index is 0.0104. The van der Waals surface area contributed by atoms with Gasteiger partial charge in [-0.3, -0.25) is 4.79 Å². The summed E-state index contributed by atoms with van der Waals surface area (Å²) in [6, 6.07) is 8.93. The van der Waals surface area contributed by atoms with Gasteiger partial charge in [-0.15, -0.1) is 11.3 Å². The largest absolute Gasteiger partial charge is 0.379 e. The Balaban J connectivity index is 1.45. The molecule has 3 heterocycles. The van der Waals surface area contributed by atoms with E-state index in [1.807, 2.05) is 4.90 Å². The van der Waals surface area contributed by atoms with E-state index >= 15 is 0 Å². The smallest absolute Gasteiger partial charge is 0.247 e. The second kappa shape index (κ2) is 9.01. The van der Waals surface area contributed by atoms with E-state index in [4.69, 9.17) is 4.74 Å². The van der Waals surface area contributed by atoms with Crippen LogP contribution < -0.4 is 0 Å². The highest BCUT2D eigenvalue weighted by Crippen LogP contribution is 2.35.